The van der Waals surface area contributed by atoms with Gasteiger partial charge in [-0.1, -0.05) is 42.7 Å². The summed E-state index contributed by atoms with van der Waals surface area (Å²) >= 11 is 0. The fraction of sp³-hybridized carbons (Fsp3) is 0.350. The van der Waals surface area contributed by atoms with Crippen molar-refractivity contribution in [3.63, 3.8) is 0 Å². The van der Waals surface area contributed by atoms with Gasteiger partial charge in [0, 0.05) is 11.6 Å². The average Bonchev–Trinajstić information content (AvgIpc) is 3.22. The molecule has 3 heterocycles. The molecule has 1 aromatic carbocycles. The molecule has 1 N–H and O–H groups in total. The number of nitrogens with one attached hydrogen (secondary N) is 1. The van der Waals surface area contributed by atoms with Gasteiger partial charge in [-0.2, -0.15) is 9.50 Å². The van der Waals surface area contributed by atoms with E-state index in [1.807, 2.05) is 31.2 Å². The number of fused-ring (bicyclic) bond motifs is 2. The molecule has 8 heteroatoms. The molecule has 0 bridgehead atoms. The second-order valence-corrected chi connectivity index (χ2v) is 7.54. The number of carbonyl (C=O) groups excluding carboxylic acids is 2. The van der Waals surface area contributed by atoms with Crippen molar-refractivity contribution in [3.8, 4) is 11.4 Å². The highest BCUT2D eigenvalue weighted by Crippen LogP contribution is 2.39. The molecule has 142 valence electrons. The summed E-state index contributed by atoms with van der Waals surface area (Å²) in [6.45, 7) is 1.99. The van der Waals surface area contributed by atoms with Gasteiger partial charge in [0.05, 0.1) is 11.8 Å². The molecule has 2 fully saturated rings. The van der Waals surface area contributed by atoms with Crippen molar-refractivity contribution < 1.29 is 9.59 Å². The molecule has 1 aliphatic heterocycles. The van der Waals surface area contributed by atoms with E-state index in [-0.39, 0.29) is 35.2 Å². The third kappa shape index (κ3) is 2.48. The molecule has 2 atom stereocenters. The minimum atomic E-state index is -0.430. The number of hydrogen-bond donors (Lipinski definition) is 1. The van der Waals surface area contributed by atoms with Gasteiger partial charge in [0.1, 0.15) is 0 Å². The average molecular weight is 377 g/mol. The fourth-order valence-electron chi connectivity index (χ4n) is 4.25. The van der Waals surface area contributed by atoms with Crippen LogP contribution in [0.25, 0.3) is 17.2 Å². The quantitative estimate of drug-likeness (QED) is 0.689. The smallest absolute Gasteiger partial charge is 0.254 e. The normalized spacial score (nSPS) is 22.1. The second kappa shape index (κ2) is 6.12. The number of hydrogen-bond acceptors (Lipinski definition) is 5. The van der Waals surface area contributed by atoms with Gasteiger partial charge in [0.25, 0.3) is 5.56 Å². The zero-order valence-corrected chi connectivity index (χ0v) is 15.4. The third-order valence-electron chi connectivity index (χ3n) is 5.70. The molecule has 1 saturated carbocycles. The van der Waals surface area contributed by atoms with E-state index in [0.29, 0.717) is 18.7 Å². The standard InChI is InChI=1S/C20H19N5O3/c1-11-6-8-12(9-7-11)17-22-20-21-15(26)10-16(25(20)23-17)24-18(27)13-4-2-3-5-14(13)19(24)28/h6-10,13-14H,2-5H2,1H3,(H,21,22,23,26)/t13-,14-/m0/s1. The summed E-state index contributed by atoms with van der Waals surface area (Å²) < 4.78 is 1.38. The van der Waals surface area contributed by atoms with E-state index in [1.54, 1.807) is 0 Å². The maximum absolute atomic E-state index is 13.0. The minimum absolute atomic E-state index is 0.161. The number of imide groups is 1. The van der Waals surface area contributed by atoms with Crippen LogP contribution in [-0.4, -0.2) is 31.4 Å². The van der Waals surface area contributed by atoms with E-state index < -0.39 is 5.56 Å². The van der Waals surface area contributed by atoms with Gasteiger partial charge in [-0.3, -0.25) is 19.4 Å². The summed E-state index contributed by atoms with van der Waals surface area (Å²) in [5.74, 6) is -0.295. The molecule has 0 unspecified atom stereocenters. The van der Waals surface area contributed by atoms with E-state index in [4.69, 9.17) is 0 Å². The summed E-state index contributed by atoms with van der Waals surface area (Å²) in [7, 11) is 0. The lowest BCUT2D eigenvalue weighted by molar-refractivity contribution is -0.122. The summed E-state index contributed by atoms with van der Waals surface area (Å²) in [5, 5.41) is 4.47. The van der Waals surface area contributed by atoms with Crippen LogP contribution < -0.4 is 10.5 Å². The number of amides is 2. The molecule has 2 amide bonds. The Bertz CT molecular complexity index is 1140. The molecule has 2 aliphatic rings. The number of benzene rings is 1. The van der Waals surface area contributed by atoms with E-state index >= 15 is 0 Å². The largest absolute Gasteiger partial charge is 0.291 e. The van der Waals surface area contributed by atoms with E-state index in [0.717, 1.165) is 28.9 Å². The highest BCUT2D eigenvalue weighted by molar-refractivity contribution is 6.21. The highest BCUT2D eigenvalue weighted by atomic mass is 16.2. The lowest BCUT2D eigenvalue weighted by atomic mass is 9.81. The Kier molecular flexibility index (Phi) is 3.68. The van der Waals surface area contributed by atoms with Crippen LogP contribution in [0.2, 0.25) is 0 Å². The molecule has 5 rings (SSSR count). The van der Waals surface area contributed by atoms with Crippen molar-refractivity contribution in [2.75, 3.05) is 4.90 Å². The van der Waals surface area contributed by atoms with Gasteiger partial charge < -0.3 is 0 Å². The summed E-state index contributed by atoms with van der Waals surface area (Å²) in [6.07, 6.45) is 3.31. The van der Waals surface area contributed by atoms with Crippen LogP contribution in [0, 0.1) is 18.8 Å². The van der Waals surface area contributed by atoms with Crippen LogP contribution in [0.3, 0.4) is 0 Å². The van der Waals surface area contributed by atoms with Crippen LogP contribution >= 0.6 is 0 Å². The maximum atomic E-state index is 13.0. The first-order valence-electron chi connectivity index (χ1n) is 9.48. The molecule has 0 spiro atoms. The van der Waals surface area contributed by atoms with Crippen LogP contribution in [-0.2, 0) is 9.59 Å². The SMILES string of the molecule is Cc1ccc(-c2nc3[nH]c(=O)cc(N4C(=O)[C@H]5CCCC[C@@H]5C4=O)n3n2)cc1. The summed E-state index contributed by atoms with van der Waals surface area (Å²) in [5.41, 5.74) is 1.46. The maximum Gasteiger partial charge on any atom is 0.254 e. The van der Waals surface area contributed by atoms with Crippen LogP contribution in [0.15, 0.2) is 35.1 Å². The predicted molar refractivity (Wildman–Crippen MR) is 102 cm³/mol. The Labute approximate surface area is 160 Å². The number of anilines is 1. The lowest BCUT2D eigenvalue weighted by Crippen LogP contribution is -2.34. The predicted octanol–water partition coefficient (Wildman–Crippen LogP) is 2.07. The highest BCUT2D eigenvalue weighted by Gasteiger charge is 2.49. The first kappa shape index (κ1) is 16.9. The van der Waals surface area contributed by atoms with Gasteiger partial charge in [0.2, 0.25) is 17.6 Å². The number of carbonyl (C=O) groups is 2. The third-order valence-corrected chi connectivity index (χ3v) is 5.70. The van der Waals surface area contributed by atoms with Crippen molar-refractivity contribution in [2.45, 2.75) is 32.6 Å². The van der Waals surface area contributed by atoms with E-state index in [9.17, 15) is 14.4 Å². The van der Waals surface area contributed by atoms with Gasteiger partial charge in [0.15, 0.2) is 11.6 Å². The second-order valence-electron chi connectivity index (χ2n) is 7.54. The molecular weight excluding hydrogens is 358 g/mol. The number of H-pyrrole nitrogens is 1. The van der Waals surface area contributed by atoms with Crippen molar-refractivity contribution >= 4 is 23.4 Å². The van der Waals surface area contributed by atoms with E-state index in [2.05, 4.69) is 15.1 Å². The Morgan fingerprint density at radius 3 is 2.29 bits per heavy atom. The number of aromatic amines is 1. The van der Waals surface area contributed by atoms with Gasteiger partial charge in [-0.15, -0.1) is 5.10 Å². The minimum Gasteiger partial charge on any atom is -0.291 e. The molecule has 0 radical (unpaired) electrons. The fourth-order valence-corrected chi connectivity index (χ4v) is 4.25. The molecule has 2 aromatic heterocycles. The van der Waals surface area contributed by atoms with Gasteiger partial charge >= 0.3 is 0 Å². The van der Waals surface area contributed by atoms with Crippen LogP contribution in [0.5, 0.6) is 0 Å². The molecule has 28 heavy (non-hydrogen) atoms. The van der Waals surface area contributed by atoms with Crippen molar-refractivity contribution in [3.05, 3.63) is 46.2 Å². The van der Waals surface area contributed by atoms with Crippen LogP contribution in [0.1, 0.15) is 31.2 Å². The number of rotatable bonds is 2. The molecule has 1 aliphatic carbocycles. The Morgan fingerprint density at radius 2 is 1.64 bits per heavy atom. The first-order valence-corrected chi connectivity index (χ1v) is 9.48. The first-order chi connectivity index (χ1) is 13.5. The molecule has 8 nitrogen and oxygen atoms in total. The van der Waals surface area contributed by atoms with Crippen LogP contribution in [0.4, 0.5) is 5.82 Å². The Balaban J connectivity index is 1.65. The number of nitrogens with zero attached hydrogens (tertiary/aromatic N) is 4. The molecule has 1 saturated heterocycles. The van der Waals surface area contributed by atoms with Crippen molar-refractivity contribution in [1.82, 2.24) is 19.6 Å². The Hall–Kier alpha value is -3.29. The number of aromatic nitrogens is 4. The zero-order valence-electron chi connectivity index (χ0n) is 15.4. The Morgan fingerprint density at radius 1 is 1.00 bits per heavy atom. The molecule has 3 aromatic rings. The molecular formula is C20H19N5O3. The zero-order chi connectivity index (χ0) is 19.4. The topological polar surface area (TPSA) is 100 Å². The lowest BCUT2D eigenvalue weighted by Gasteiger charge is -2.19. The summed E-state index contributed by atoms with van der Waals surface area (Å²) in [4.78, 5) is 46.3. The number of aryl methyl sites for hydroxylation is 1. The summed E-state index contributed by atoms with van der Waals surface area (Å²) in [6, 6.07) is 8.92. The van der Waals surface area contributed by atoms with Gasteiger partial charge in [-0.25, -0.2) is 4.90 Å². The van der Waals surface area contributed by atoms with Crippen molar-refractivity contribution in [1.29, 1.82) is 0 Å². The van der Waals surface area contributed by atoms with Crippen molar-refractivity contribution in [2.24, 2.45) is 11.8 Å². The van der Waals surface area contributed by atoms with Gasteiger partial charge in [-0.05, 0) is 19.8 Å². The van der Waals surface area contributed by atoms with E-state index in [1.165, 1.54) is 10.6 Å². The monoisotopic (exact) mass is 377 g/mol.